The summed E-state index contributed by atoms with van der Waals surface area (Å²) in [7, 11) is 0. The van der Waals surface area contributed by atoms with Gasteiger partial charge >= 0.3 is 0 Å². The minimum absolute atomic E-state index is 0.0830. The number of carbonyl (C=O) groups excluding carboxylic acids is 1. The molecule has 2 aliphatic rings. The van der Waals surface area contributed by atoms with Gasteiger partial charge in [0.2, 0.25) is 5.17 Å². The number of hydrogen-bond donors (Lipinski definition) is 1. The van der Waals surface area contributed by atoms with E-state index in [0.717, 1.165) is 40.5 Å². The smallest absolute Gasteiger partial charge is 0.283 e. The zero-order valence-corrected chi connectivity index (χ0v) is 19.4. The van der Waals surface area contributed by atoms with Crippen LogP contribution in [-0.4, -0.2) is 31.5 Å². The van der Waals surface area contributed by atoms with Crippen LogP contribution in [0.1, 0.15) is 62.0 Å². The van der Waals surface area contributed by atoms with Crippen molar-refractivity contribution in [1.29, 1.82) is 5.41 Å². The molecule has 3 heterocycles. The average molecular weight is 434 g/mol. The predicted octanol–water partition coefficient (Wildman–Crippen LogP) is 5.64. The van der Waals surface area contributed by atoms with Crippen molar-refractivity contribution < 1.29 is 4.79 Å². The summed E-state index contributed by atoms with van der Waals surface area (Å²) < 4.78 is 2.17. The number of hydrogen-bond acceptors (Lipinski definition) is 4. The Morgan fingerprint density at radius 2 is 1.90 bits per heavy atom. The van der Waals surface area contributed by atoms with Gasteiger partial charge in [0, 0.05) is 17.1 Å². The van der Waals surface area contributed by atoms with Crippen LogP contribution in [0.2, 0.25) is 0 Å². The van der Waals surface area contributed by atoms with Crippen LogP contribution < -0.4 is 0 Å². The molecule has 0 saturated heterocycles. The first-order chi connectivity index (χ1) is 14.8. The molecule has 0 aliphatic carbocycles. The van der Waals surface area contributed by atoms with Crippen LogP contribution >= 0.6 is 11.8 Å². The van der Waals surface area contributed by atoms with Gasteiger partial charge in [-0.1, -0.05) is 32.9 Å². The summed E-state index contributed by atoms with van der Waals surface area (Å²) in [6.45, 7) is 10.5. The number of aromatic nitrogens is 1. The fraction of sp³-hybridized carbons (Fsp3) is 0.333. The molecule has 4 rings (SSSR count). The van der Waals surface area contributed by atoms with E-state index in [1.165, 1.54) is 22.3 Å². The monoisotopic (exact) mass is 433 g/mol. The number of benzene rings is 1. The molecular weight excluding hydrogens is 406 g/mol. The number of thioether (sulfide) groups is 1. The number of nitrogens with one attached hydrogen (secondary N) is 1. The molecule has 2 aliphatic heterocycles. The van der Waals surface area contributed by atoms with E-state index in [9.17, 15) is 4.79 Å². The Morgan fingerprint density at radius 3 is 2.55 bits per heavy atom. The predicted molar refractivity (Wildman–Crippen MR) is 129 cm³/mol. The third-order valence-corrected chi connectivity index (χ3v) is 6.52. The third-order valence-electron chi connectivity index (χ3n) is 5.55. The molecular formula is C24H27N5OS. The molecule has 0 spiro atoms. The Morgan fingerprint density at radius 1 is 1.19 bits per heavy atom. The number of carbonyl (C=O) groups is 1. The molecule has 0 atom stereocenters. The lowest BCUT2D eigenvalue weighted by molar-refractivity contribution is -0.114. The van der Waals surface area contributed by atoms with Gasteiger partial charge in [-0.25, -0.2) is 0 Å². The second-order valence-electron chi connectivity index (χ2n) is 8.17. The lowest BCUT2D eigenvalue weighted by Gasteiger charge is -2.20. The largest absolute Gasteiger partial charge is 0.318 e. The van der Waals surface area contributed by atoms with E-state index >= 15 is 0 Å². The molecule has 31 heavy (non-hydrogen) atoms. The fourth-order valence-corrected chi connectivity index (χ4v) is 4.83. The van der Waals surface area contributed by atoms with Crippen molar-refractivity contribution in [2.75, 3.05) is 0 Å². The maximum atomic E-state index is 12.7. The normalized spacial score (nSPS) is 17.5. The maximum Gasteiger partial charge on any atom is 0.283 e. The highest BCUT2D eigenvalue weighted by Crippen LogP contribution is 2.31. The van der Waals surface area contributed by atoms with Crippen molar-refractivity contribution in [2.45, 2.75) is 53.4 Å². The van der Waals surface area contributed by atoms with Gasteiger partial charge in [0.25, 0.3) is 5.91 Å². The first-order valence-corrected chi connectivity index (χ1v) is 11.4. The summed E-state index contributed by atoms with van der Waals surface area (Å²) in [6.07, 6.45) is 3.54. The highest BCUT2D eigenvalue weighted by atomic mass is 32.2. The summed E-state index contributed by atoms with van der Waals surface area (Å²) in [5.74, 6) is 0.182. The van der Waals surface area contributed by atoms with Gasteiger partial charge in [0.05, 0.1) is 5.57 Å². The minimum Gasteiger partial charge on any atom is -0.318 e. The lowest BCUT2D eigenvalue weighted by Crippen LogP contribution is -2.35. The summed E-state index contributed by atoms with van der Waals surface area (Å²) >= 11 is 1.38. The van der Waals surface area contributed by atoms with E-state index in [0.29, 0.717) is 11.1 Å². The number of hydrazone groups is 1. The van der Waals surface area contributed by atoms with Gasteiger partial charge in [-0.2, -0.15) is 15.1 Å². The van der Waals surface area contributed by atoms with Crippen LogP contribution in [0.4, 0.5) is 0 Å². The second-order valence-corrected chi connectivity index (χ2v) is 9.21. The minimum atomic E-state index is -0.386. The van der Waals surface area contributed by atoms with Crippen LogP contribution in [0, 0.1) is 19.3 Å². The number of aryl methyl sites for hydroxylation is 1. The molecule has 0 bridgehead atoms. The molecule has 0 fully saturated rings. The molecule has 7 heteroatoms. The van der Waals surface area contributed by atoms with E-state index in [4.69, 9.17) is 5.41 Å². The Hall–Kier alpha value is -2.93. The van der Waals surface area contributed by atoms with Crippen molar-refractivity contribution >= 4 is 39.8 Å². The SMILES string of the molecule is CCCC1=NN2C(=N)/C(=C\c3cc(C)n(-c4ccc(C(C)C)cc4)c3C)C(=O)N=C2S1. The number of amides is 1. The van der Waals surface area contributed by atoms with Gasteiger partial charge < -0.3 is 4.57 Å². The highest BCUT2D eigenvalue weighted by Gasteiger charge is 2.35. The molecule has 160 valence electrons. The summed E-state index contributed by atoms with van der Waals surface area (Å²) in [5.41, 5.74) is 5.64. The van der Waals surface area contributed by atoms with Crippen LogP contribution in [0.3, 0.4) is 0 Å². The number of nitrogens with zero attached hydrogens (tertiary/aromatic N) is 4. The van der Waals surface area contributed by atoms with Gasteiger partial charge in [-0.15, -0.1) is 0 Å². The van der Waals surface area contributed by atoms with Gasteiger partial charge in [0.1, 0.15) is 5.04 Å². The van der Waals surface area contributed by atoms with Crippen molar-refractivity contribution in [3.05, 3.63) is 58.4 Å². The van der Waals surface area contributed by atoms with Gasteiger partial charge in [-0.05, 0) is 79.8 Å². The number of aliphatic imine (C=N–C) groups is 1. The van der Waals surface area contributed by atoms with Crippen LogP contribution in [0.15, 0.2) is 46.0 Å². The third kappa shape index (κ3) is 3.90. The molecule has 1 amide bonds. The first kappa shape index (κ1) is 21.3. The average Bonchev–Trinajstić information content (AvgIpc) is 3.25. The van der Waals surface area contributed by atoms with Crippen LogP contribution in [0.25, 0.3) is 11.8 Å². The van der Waals surface area contributed by atoms with Crippen molar-refractivity contribution in [1.82, 2.24) is 9.58 Å². The Labute approximate surface area is 187 Å². The molecule has 1 aromatic carbocycles. The standard InChI is InChI=1S/C24H27N5OS/c1-6-7-21-27-29-22(25)20(23(30)26-24(29)31-21)13-18-12-15(4)28(16(18)5)19-10-8-17(9-11-19)14(2)3/h8-14,25H,6-7H2,1-5H3/b20-13+,25-22?. The molecule has 0 unspecified atom stereocenters. The first-order valence-electron chi connectivity index (χ1n) is 10.6. The zero-order valence-electron chi connectivity index (χ0n) is 18.6. The van der Waals surface area contributed by atoms with Crippen LogP contribution in [-0.2, 0) is 4.79 Å². The number of amidine groups is 2. The quantitative estimate of drug-likeness (QED) is 0.620. The van der Waals surface area contributed by atoms with Gasteiger partial charge in [0.15, 0.2) is 5.84 Å². The number of rotatable bonds is 5. The van der Waals surface area contributed by atoms with E-state index in [1.54, 1.807) is 6.08 Å². The Kier molecular flexibility index (Phi) is 5.71. The van der Waals surface area contributed by atoms with Crippen LogP contribution in [0.5, 0.6) is 0 Å². The molecule has 2 aromatic rings. The highest BCUT2D eigenvalue weighted by molar-refractivity contribution is 8.26. The lowest BCUT2D eigenvalue weighted by atomic mass is 10.0. The fourth-order valence-electron chi connectivity index (χ4n) is 3.84. The molecule has 0 saturated carbocycles. The second kappa shape index (κ2) is 8.30. The van der Waals surface area contributed by atoms with Crippen molar-refractivity contribution in [3.63, 3.8) is 0 Å². The van der Waals surface area contributed by atoms with E-state index in [1.807, 2.05) is 19.9 Å². The summed E-state index contributed by atoms with van der Waals surface area (Å²) in [6, 6.07) is 10.6. The molecule has 0 radical (unpaired) electrons. The van der Waals surface area contributed by atoms with E-state index in [2.05, 4.69) is 59.7 Å². The topological polar surface area (TPSA) is 73.8 Å². The number of fused-ring (bicyclic) bond motifs is 1. The van der Waals surface area contributed by atoms with E-state index < -0.39 is 0 Å². The zero-order chi connectivity index (χ0) is 22.3. The Bertz CT molecular complexity index is 1150. The molecule has 1 aromatic heterocycles. The maximum absolute atomic E-state index is 12.7. The summed E-state index contributed by atoms with van der Waals surface area (Å²) in [4.78, 5) is 16.9. The van der Waals surface area contributed by atoms with E-state index in [-0.39, 0.29) is 17.3 Å². The van der Waals surface area contributed by atoms with Crippen molar-refractivity contribution in [3.8, 4) is 5.69 Å². The summed E-state index contributed by atoms with van der Waals surface area (Å²) in [5, 5.41) is 15.9. The van der Waals surface area contributed by atoms with Crippen molar-refractivity contribution in [2.24, 2.45) is 10.1 Å². The molecule has 1 N–H and O–H groups in total. The van der Waals surface area contributed by atoms with Gasteiger partial charge in [-0.3, -0.25) is 10.2 Å². The Balaban J connectivity index is 1.69. The molecule has 6 nitrogen and oxygen atoms in total.